The summed E-state index contributed by atoms with van der Waals surface area (Å²) in [7, 11) is 2.27. The van der Waals surface area contributed by atoms with Gasteiger partial charge in [-0.25, -0.2) is 0 Å². The van der Waals surface area contributed by atoms with Crippen LogP contribution in [0.5, 0.6) is 0 Å². The number of rotatable bonds is 0. The molecule has 2 heterocycles. The highest BCUT2D eigenvalue weighted by Gasteiger charge is 2.40. The lowest BCUT2D eigenvalue weighted by Gasteiger charge is -2.53. The fourth-order valence-corrected chi connectivity index (χ4v) is 2.36. The third-order valence-corrected chi connectivity index (χ3v) is 3.04. The molecule has 0 radical (unpaired) electrons. The maximum Gasteiger partial charge on any atom is 0.0113 e. The van der Waals surface area contributed by atoms with Crippen molar-refractivity contribution in [2.75, 3.05) is 7.05 Å². The molecule has 0 aromatic rings. The van der Waals surface area contributed by atoms with E-state index >= 15 is 0 Å². The van der Waals surface area contributed by atoms with Crippen molar-refractivity contribution >= 4 is 0 Å². The van der Waals surface area contributed by atoms with Gasteiger partial charge >= 0.3 is 0 Å². The highest BCUT2D eigenvalue weighted by Crippen LogP contribution is 2.39. The molecule has 2 bridgehead atoms. The van der Waals surface area contributed by atoms with Gasteiger partial charge in [-0.15, -0.1) is 0 Å². The lowest BCUT2D eigenvalue weighted by molar-refractivity contribution is -0.0258. The van der Waals surface area contributed by atoms with Crippen LogP contribution >= 0.6 is 0 Å². The van der Waals surface area contributed by atoms with Crippen LogP contribution in [0.3, 0.4) is 0 Å². The van der Waals surface area contributed by atoms with E-state index in [0.29, 0.717) is 0 Å². The molecule has 0 amide bonds. The molecule has 3 fully saturated rings. The van der Waals surface area contributed by atoms with E-state index in [1.54, 1.807) is 0 Å². The van der Waals surface area contributed by atoms with E-state index in [1.165, 1.54) is 25.7 Å². The molecule has 0 spiro atoms. The number of hydrogen-bond donors (Lipinski definition) is 0. The highest BCUT2D eigenvalue weighted by atomic mass is 15.2. The van der Waals surface area contributed by atoms with Gasteiger partial charge in [-0.1, -0.05) is 41.0 Å². The van der Waals surface area contributed by atoms with Crippen molar-refractivity contribution in [2.45, 2.75) is 72.4 Å². The summed E-state index contributed by atoms with van der Waals surface area (Å²) < 4.78 is 0. The third kappa shape index (κ3) is 3.61. The van der Waals surface area contributed by atoms with Crippen molar-refractivity contribution in [2.24, 2.45) is 5.92 Å². The van der Waals surface area contributed by atoms with Gasteiger partial charge in [0.25, 0.3) is 0 Å². The standard InChI is InChI=1S/C8H15N.C3H8.C2H6/c1-6-3-7-5-8(4-6)9(7)2;1-3-2;1-2/h6-8H,3-5H2,1-2H3;3H2,1-2H3;1-2H3. The van der Waals surface area contributed by atoms with Crippen molar-refractivity contribution < 1.29 is 0 Å². The third-order valence-electron chi connectivity index (χ3n) is 3.04. The van der Waals surface area contributed by atoms with E-state index < -0.39 is 0 Å². The van der Waals surface area contributed by atoms with E-state index in [-0.39, 0.29) is 0 Å². The van der Waals surface area contributed by atoms with Gasteiger partial charge in [0, 0.05) is 12.1 Å². The summed E-state index contributed by atoms with van der Waals surface area (Å²) in [5.41, 5.74) is 0. The molecule has 2 unspecified atom stereocenters. The van der Waals surface area contributed by atoms with Crippen LogP contribution in [0.15, 0.2) is 0 Å². The monoisotopic (exact) mass is 199 g/mol. The molecular formula is C13H29N. The summed E-state index contributed by atoms with van der Waals surface area (Å²) in [5.74, 6) is 1.00. The molecule has 0 aromatic heterocycles. The van der Waals surface area contributed by atoms with Crippen molar-refractivity contribution in [3.63, 3.8) is 0 Å². The molecule has 1 saturated carbocycles. The van der Waals surface area contributed by atoms with Gasteiger partial charge in [0.05, 0.1) is 0 Å². The van der Waals surface area contributed by atoms with Gasteiger partial charge in [0.15, 0.2) is 0 Å². The first-order valence-corrected chi connectivity index (χ1v) is 6.40. The Bertz CT molecular complexity index is 121. The lowest BCUT2D eigenvalue weighted by Crippen LogP contribution is -2.58. The Morgan fingerprint density at radius 1 is 1.00 bits per heavy atom. The summed E-state index contributed by atoms with van der Waals surface area (Å²) in [4.78, 5) is 2.54. The molecular weight excluding hydrogens is 170 g/mol. The summed E-state index contributed by atoms with van der Waals surface area (Å²) in [6.07, 6.45) is 5.64. The molecule has 3 aliphatic rings. The van der Waals surface area contributed by atoms with Gasteiger partial charge in [-0.05, 0) is 32.2 Å². The Hall–Kier alpha value is -0.0400. The molecule has 86 valence electrons. The van der Waals surface area contributed by atoms with Crippen LogP contribution in [0.2, 0.25) is 0 Å². The van der Waals surface area contributed by atoms with E-state index in [1.807, 2.05) is 13.8 Å². The van der Waals surface area contributed by atoms with Gasteiger partial charge < -0.3 is 4.90 Å². The molecule has 1 heteroatoms. The largest absolute Gasteiger partial charge is 0.300 e. The zero-order valence-corrected chi connectivity index (χ0v) is 11.0. The number of fused-ring (bicyclic) bond motifs is 2. The van der Waals surface area contributed by atoms with Crippen LogP contribution in [0.25, 0.3) is 0 Å². The van der Waals surface area contributed by atoms with E-state index in [0.717, 1.165) is 18.0 Å². The van der Waals surface area contributed by atoms with Gasteiger partial charge in [0.1, 0.15) is 0 Å². The quantitative estimate of drug-likeness (QED) is 0.571. The summed E-state index contributed by atoms with van der Waals surface area (Å²) in [6, 6.07) is 1.91. The van der Waals surface area contributed by atoms with Gasteiger partial charge in [-0.3, -0.25) is 0 Å². The predicted molar refractivity (Wildman–Crippen MR) is 65.7 cm³/mol. The van der Waals surface area contributed by atoms with Crippen molar-refractivity contribution in [3.8, 4) is 0 Å². The minimum absolute atomic E-state index is 0.957. The second kappa shape index (κ2) is 7.28. The lowest BCUT2D eigenvalue weighted by atomic mass is 9.75. The van der Waals surface area contributed by atoms with Crippen molar-refractivity contribution in [1.82, 2.24) is 4.90 Å². The van der Waals surface area contributed by atoms with Crippen molar-refractivity contribution in [1.29, 1.82) is 0 Å². The van der Waals surface area contributed by atoms with Crippen LogP contribution in [-0.4, -0.2) is 24.0 Å². The molecule has 1 aliphatic carbocycles. The van der Waals surface area contributed by atoms with Crippen LogP contribution in [0.1, 0.15) is 60.3 Å². The highest BCUT2D eigenvalue weighted by molar-refractivity contribution is 4.96. The zero-order chi connectivity index (χ0) is 11.1. The normalized spacial score (nSPS) is 34.3. The Kier molecular flexibility index (Phi) is 7.26. The molecule has 2 aliphatic heterocycles. The Labute approximate surface area is 90.9 Å². The molecule has 14 heavy (non-hydrogen) atoms. The molecule has 0 N–H and O–H groups in total. The van der Waals surface area contributed by atoms with E-state index in [9.17, 15) is 0 Å². The first-order chi connectivity index (χ1) is 6.69. The smallest absolute Gasteiger partial charge is 0.0113 e. The van der Waals surface area contributed by atoms with Crippen molar-refractivity contribution in [3.05, 3.63) is 0 Å². The topological polar surface area (TPSA) is 3.24 Å². The first-order valence-electron chi connectivity index (χ1n) is 6.40. The Balaban J connectivity index is 0.000000294. The molecule has 1 nitrogen and oxygen atoms in total. The van der Waals surface area contributed by atoms with E-state index in [2.05, 4.69) is 32.7 Å². The average Bonchev–Trinajstić information content (AvgIpc) is 2.21. The van der Waals surface area contributed by atoms with Crippen LogP contribution in [0.4, 0.5) is 0 Å². The minimum atomic E-state index is 0.957. The summed E-state index contributed by atoms with van der Waals surface area (Å²) in [6.45, 7) is 10.6. The fourth-order valence-electron chi connectivity index (χ4n) is 2.36. The average molecular weight is 199 g/mol. The molecule has 0 aromatic carbocycles. The molecule has 2 atom stereocenters. The number of nitrogens with zero attached hydrogens (tertiary/aromatic N) is 1. The predicted octanol–water partition coefficient (Wildman–Crippen LogP) is 3.93. The second-order valence-corrected chi connectivity index (χ2v) is 4.49. The van der Waals surface area contributed by atoms with Gasteiger partial charge in [0.2, 0.25) is 0 Å². The van der Waals surface area contributed by atoms with Crippen LogP contribution in [-0.2, 0) is 0 Å². The summed E-state index contributed by atoms with van der Waals surface area (Å²) >= 11 is 0. The SMILES string of the molecule is CC.CC1CC2CC(C1)N2C.CCC. The van der Waals surface area contributed by atoms with Crippen LogP contribution < -0.4 is 0 Å². The fraction of sp³-hybridized carbons (Fsp3) is 1.00. The zero-order valence-electron chi connectivity index (χ0n) is 11.0. The first kappa shape index (κ1) is 14.0. The second-order valence-electron chi connectivity index (χ2n) is 4.49. The summed E-state index contributed by atoms with van der Waals surface area (Å²) in [5, 5.41) is 0. The van der Waals surface area contributed by atoms with E-state index in [4.69, 9.17) is 0 Å². The molecule has 3 rings (SSSR count). The minimum Gasteiger partial charge on any atom is -0.300 e. The number of hydrogen-bond acceptors (Lipinski definition) is 1. The Morgan fingerprint density at radius 2 is 1.36 bits per heavy atom. The Morgan fingerprint density at radius 3 is 1.57 bits per heavy atom. The van der Waals surface area contributed by atoms with Gasteiger partial charge in [-0.2, -0.15) is 0 Å². The van der Waals surface area contributed by atoms with Crippen LogP contribution in [0, 0.1) is 5.92 Å². The number of piperidine rings is 1. The molecule has 2 saturated heterocycles. The maximum atomic E-state index is 2.54. The maximum absolute atomic E-state index is 2.54.